The maximum atomic E-state index is 5.77. The fraction of sp³-hybridized carbons (Fsp3) is 0.526. The van der Waals surface area contributed by atoms with Gasteiger partial charge in [0.15, 0.2) is 0 Å². The fourth-order valence-corrected chi connectivity index (χ4v) is 13.5. The number of aliphatic imine (C=N–C) groups is 4. The number of para-hydroxylation sites is 2. The van der Waals surface area contributed by atoms with Gasteiger partial charge in [0.05, 0.1) is 45.6 Å². The van der Waals surface area contributed by atoms with E-state index in [9.17, 15) is 0 Å². The van der Waals surface area contributed by atoms with Crippen LogP contribution in [0, 0.1) is 5.92 Å². The minimum absolute atomic E-state index is 0.0476. The van der Waals surface area contributed by atoms with Crippen LogP contribution in [0.2, 0.25) is 0 Å². The third-order valence-corrected chi connectivity index (χ3v) is 19.2. The minimum atomic E-state index is -0.287. The Labute approximate surface area is 509 Å². The lowest BCUT2D eigenvalue weighted by molar-refractivity contribution is 0.442. The molecule has 2 aliphatic heterocycles. The average Bonchev–Trinajstić information content (AvgIpc) is 3.58. The van der Waals surface area contributed by atoms with Crippen molar-refractivity contribution in [2.45, 2.75) is 257 Å². The first-order valence-electron chi connectivity index (χ1n) is 31.0. The van der Waals surface area contributed by atoms with Crippen molar-refractivity contribution in [3.8, 4) is 0 Å². The molecule has 0 aromatic heterocycles. The van der Waals surface area contributed by atoms with Crippen LogP contribution in [0.1, 0.15) is 291 Å². The van der Waals surface area contributed by atoms with Crippen molar-refractivity contribution in [3.63, 3.8) is 0 Å². The van der Waals surface area contributed by atoms with Gasteiger partial charge in [-0.05, 0) is 159 Å². The number of allylic oxidation sites excluding steroid dienone is 8. The summed E-state index contributed by atoms with van der Waals surface area (Å²) in [6.07, 6.45) is 11.4. The zero-order chi connectivity index (χ0) is 61.3. The number of hydrogen-bond donors (Lipinski definition) is 0. The third-order valence-electron chi connectivity index (χ3n) is 16.5. The van der Waals surface area contributed by atoms with E-state index in [-0.39, 0.29) is 27.6 Å². The Morgan fingerprint density at radius 2 is 0.683 bits per heavy atom. The first-order chi connectivity index (χ1) is 37.9. The van der Waals surface area contributed by atoms with E-state index in [4.69, 9.17) is 20.0 Å². The summed E-state index contributed by atoms with van der Waals surface area (Å²) in [6.45, 7) is 62.2. The molecule has 2 aliphatic rings. The van der Waals surface area contributed by atoms with Gasteiger partial charge in [0.2, 0.25) is 0 Å². The highest BCUT2D eigenvalue weighted by molar-refractivity contribution is 8.08. The second-order valence-corrected chi connectivity index (χ2v) is 31.5. The summed E-state index contributed by atoms with van der Waals surface area (Å²) < 4.78 is 0. The molecule has 82 heavy (non-hydrogen) atoms. The molecule has 2 heterocycles. The summed E-state index contributed by atoms with van der Waals surface area (Å²) in [5.41, 5.74) is 21.3. The summed E-state index contributed by atoms with van der Waals surface area (Å²) in [5.74, 6) is 2.29. The van der Waals surface area contributed by atoms with Crippen molar-refractivity contribution in [1.29, 1.82) is 0 Å². The van der Waals surface area contributed by atoms with Gasteiger partial charge in [-0.15, -0.1) is 0 Å². The molecule has 6 rings (SSSR count). The molecule has 0 unspecified atom stereocenters. The van der Waals surface area contributed by atoms with Crippen molar-refractivity contribution >= 4 is 69.1 Å². The van der Waals surface area contributed by atoms with Crippen LogP contribution in [0.15, 0.2) is 125 Å². The molecule has 0 aliphatic carbocycles. The Bertz CT molecular complexity index is 3060. The van der Waals surface area contributed by atoms with E-state index >= 15 is 0 Å². The molecule has 0 amide bonds. The first-order valence-corrected chi connectivity index (χ1v) is 32.6. The number of nitrogens with zero attached hydrogens (tertiary/aromatic N) is 4. The predicted molar refractivity (Wildman–Crippen MR) is 371 cm³/mol. The number of rotatable bonds is 17. The molecule has 4 aromatic rings. The van der Waals surface area contributed by atoms with Crippen LogP contribution in [0.25, 0.3) is 0 Å². The third kappa shape index (κ3) is 15.7. The summed E-state index contributed by atoms with van der Waals surface area (Å²) >= 11 is 3.65. The smallest absolute Gasteiger partial charge is 0.0708 e. The maximum Gasteiger partial charge on any atom is 0.0708 e. The van der Waals surface area contributed by atoms with Gasteiger partial charge in [-0.1, -0.05) is 268 Å². The van der Waals surface area contributed by atoms with Crippen molar-refractivity contribution in [2.75, 3.05) is 0 Å². The number of hydrogen-bond acceptors (Lipinski definition) is 6. The van der Waals surface area contributed by atoms with E-state index in [0.29, 0.717) is 35.5 Å². The molecule has 0 saturated heterocycles. The largest absolute Gasteiger partial charge is 0.252 e. The number of benzene rings is 4. The Balaban J connectivity index is 1.49. The van der Waals surface area contributed by atoms with Crippen LogP contribution in [-0.2, 0) is 21.7 Å². The molecule has 6 heteroatoms. The second-order valence-electron chi connectivity index (χ2n) is 29.4. The lowest BCUT2D eigenvalue weighted by atomic mass is 9.73. The highest BCUT2D eigenvalue weighted by Gasteiger charge is 2.33. The van der Waals surface area contributed by atoms with Crippen molar-refractivity contribution in [1.82, 2.24) is 0 Å². The molecular weight excluding hydrogens is 1030 g/mol. The van der Waals surface area contributed by atoms with E-state index in [2.05, 4.69) is 272 Å². The predicted octanol–water partition coefficient (Wildman–Crippen LogP) is 24.5. The van der Waals surface area contributed by atoms with Crippen LogP contribution >= 0.6 is 23.5 Å². The van der Waals surface area contributed by atoms with Crippen molar-refractivity contribution < 1.29 is 0 Å². The summed E-state index contributed by atoms with van der Waals surface area (Å²) in [4.78, 5) is 27.5. The van der Waals surface area contributed by atoms with Crippen LogP contribution in [0.4, 0.5) is 22.7 Å². The quantitative estimate of drug-likeness (QED) is 0.0990. The molecule has 442 valence electrons. The maximum absolute atomic E-state index is 5.77. The van der Waals surface area contributed by atoms with E-state index in [1.54, 1.807) is 0 Å². The van der Waals surface area contributed by atoms with Crippen molar-refractivity contribution in [3.05, 3.63) is 160 Å². The highest BCUT2D eigenvalue weighted by Crippen LogP contribution is 2.49. The zero-order valence-corrected chi connectivity index (χ0v) is 57.8. The topological polar surface area (TPSA) is 49.4 Å². The Morgan fingerprint density at radius 1 is 0.402 bits per heavy atom. The molecule has 0 spiro atoms. The zero-order valence-electron chi connectivity index (χ0n) is 56.1. The van der Waals surface area contributed by atoms with Gasteiger partial charge in [-0.25, -0.2) is 0 Å². The van der Waals surface area contributed by atoms with Gasteiger partial charge in [-0.2, -0.15) is 0 Å². The molecular formula is C76H106N4S2. The lowest BCUT2D eigenvalue weighted by Crippen LogP contribution is -2.24. The van der Waals surface area contributed by atoms with Gasteiger partial charge in [0, 0.05) is 19.6 Å². The van der Waals surface area contributed by atoms with Crippen LogP contribution in [0.3, 0.4) is 0 Å². The molecule has 0 N–H and O–H groups in total. The van der Waals surface area contributed by atoms with Gasteiger partial charge in [-0.3, -0.25) is 20.0 Å². The fourth-order valence-electron chi connectivity index (χ4n) is 11.4. The summed E-state index contributed by atoms with van der Waals surface area (Å²) in [6, 6.07) is 23.3. The monoisotopic (exact) mass is 1140 g/mol. The van der Waals surface area contributed by atoms with Crippen molar-refractivity contribution in [2.24, 2.45) is 25.9 Å². The van der Waals surface area contributed by atoms with E-state index in [1.165, 1.54) is 75.3 Å². The molecule has 0 bridgehead atoms. The van der Waals surface area contributed by atoms with Crippen LogP contribution < -0.4 is 0 Å². The van der Waals surface area contributed by atoms with E-state index in [1.807, 2.05) is 23.5 Å². The van der Waals surface area contributed by atoms with E-state index < -0.39 is 0 Å². The molecule has 0 saturated carbocycles. The standard InChI is InChI=1S/C76H106N4S2/c1-44(2)55-39-57(46(5)6)69(58(40-55)47(7)8)77-52(15)67-37-54(38-68(82-67)53(16)78-70-59(48(9)10)41-56(45(3)4)42-60(70)49(11)12)43-76(26,27)64-34-29-33-63(75(23,24)25)72(64)80-51(14)66-36-30-35-65(81-66)50(13)79-71-61(73(17,18)19)31-28-32-62(71)74(20,21)22/h28-29,31-42,44-49,54H,30,43H2,1-27H3. The molecule has 4 nitrogen and oxygen atoms in total. The molecule has 0 radical (unpaired) electrons. The van der Waals surface area contributed by atoms with Gasteiger partial charge in [0.1, 0.15) is 0 Å². The Hall–Kier alpha value is -4.78. The minimum Gasteiger partial charge on any atom is -0.252 e. The molecule has 4 aromatic carbocycles. The SMILES string of the molecule is CC(=Nc1c(C(C)C)cc(C(C)C)cc1C(C)C)C1=CC(CC(C)(C)c2cccc(C(C)(C)C)c2N=C(C)C2=CCC=C(C(C)=Nc3c(C(C)(C)C)cccc3C(C)(C)C)S2)C=C(C(C)=Nc2c(C(C)C)cc(C(C)C)cc2C(C)C)S1. The number of thioether (sulfide) groups is 2. The molecule has 0 fully saturated rings. The Kier molecular flexibility index (Phi) is 21.2. The van der Waals surface area contributed by atoms with Gasteiger partial charge in [0.25, 0.3) is 0 Å². The summed E-state index contributed by atoms with van der Waals surface area (Å²) in [7, 11) is 0. The van der Waals surface area contributed by atoms with E-state index in [0.717, 1.165) is 58.4 Å². The van der Waals surface area contributed by atoms with Crippen LogP contribution in [-0.4, -0.2) is 22.8 Å². The Morgan fingerprint density at radius 3 is 0.988 bits per heavy atom. The average molecular weight is 1140 g/mol. The molecule has 0 atom stereocenters. The normalized spacial score (nSPS) is 16.8. The van der Waals surface area contributed by atoms with Crippen LogP contribution in [0.5, 0.6) is 0 Å². The van der Waals surface area contributed by atoms with Gasteiger partial charge < -0.3 is 0 Å². The summed E-state index contributed by atoms with van der Waals surface area (Å²) in [5, 5.41) is 0. The lowest BCUT2D eigenvalue weighted by Gasteiger charge is -2.34. The van der Waals surface area contributed by atoms with Gasteiger partial charge >= 0.3 is 0 Å². The first kappa shape index (κ1) is 66.4. The highest BCUT2D eigenvalue weighted by atomic mass is 32.2. The second kappa shape index (κ2) is 26.2.